The van der Waals surface area contributed by atoms with Crippen LogP contribution in [0.5, 0.6) is 0 Å². The fourth-order valence-corrected chi connectivity index (χ4v) is 1.92. The van der Waals surface area contributed by atoms with E-state index in [4.69, 9.17) is 11.6 Å². The highest BCUT2D eigenvalue weighted by Crippen LogP contribution is 2.19. The lowest BCUT2D eigenvalue weighted by Gasteiger charge is -2.11. The van der Waals surface area contributed by atoms with Gasteiger partial charge in [-0.2, -0.15) is 0 Å². The Morgan fingerprint density at radius 2 is 1.88 bits per heavy atom. The van der Waals surface area contributed by atoms with Gasteiger partial charge in [0.1, 0.15) is 11.6 Å². The van der Waals surface area contributed by atoms with Gasteiger partial charge in [-0.05, 0) is 49.0 Å². The monoisotopic (exact) mass is 236 g/mol. The predicted octanol–water partition coefficient (Wildman–Crippen LogP) is 2.53. The van der Waals surface area contributed by atoms with Crippen molar-refractivity contribution in [2.75, 3.05) is 0 Å². The number of aryl methyl sites for hydroxylation is 3. The number of hydrogen-bond donors (Lipinski definition) is 0. The Morgan fingerprint density at radius 1 is 1.25 bits per heavy atom. The maximum atomic E-state index is 11.8. The van der Waals surface area contributed by atoms with Crippen LogP contribution < -0.4 is 4.73 Å². The molecule has 0 unspecified atom stereocenters. The summed E-state index contributed by atoms with van der Waals surface area (Å²) in [6.45, 7) is 5.85. The number of fused-ring (bicyclic) bond motifs is 1. The van der Waals surface area contributed by atoms with E-state index in [0.29, 0.717) is 11.5 Å². The van der Waals surface area contributed by atoms with Crippen LogP contribution in [0.25, 0.3) is 10.9 Å². The second kappa shape index (κ2) is 3.91. The quantitative estimate of drug-likeness (QED) is 0.434. The zero-order chi connectivity index (χ0) is 11.9. The third-order valence-electron chi connectivity index (χ3n) is 2.91. The van der Waals surface area contributed by atoms with Crippen LogP contribution in [-0.2, 0) is 5.88 Å². The molecule has 2 aromatic rings. The molecule has 0 radical (unpaired) electrons. The van der Waals surface area contributed by atoms with Gasteiger partial charge < -0.3 is 5.21 Å². The Balaban J connectivity index is 2.87. The minimum absolute atomic E-state index is 0.132. The Morgan fingerprint density at radius 3 is 2.50 bits per heavy atom. The van der Waals surface area contributed by atoms with E-state index in [9.17, 15) is 5.21 Å². The molecule has 1 aromatic carbocycles. The van der Waals surface area contributed by atoms with Crippen molar-refractivity contribution in [3.05, 3.63) is 40.0 Å². The highest BCUT2D eigenvalue weighted by Gasteiger charge is 2.15. The number of halogens is 1. The smallest absolute Gasteiger partial charge is 0.317 e. The van der Waals surface area contributed by atoms with Gasteiger partial charge in [0.25, 0.3) is 0 Å². The maximum absolute atomic E-state index is 11.8. The van der Waals surface area contributed by atoms with Crippen LogP contribution in [-0.4, -0.2) is 4.98 Å². The minimum Gasteiger partial charge on any atom is -0.711 e. The van der Waals surface area contributed by atoms with Gasteiger partial charge in [0, 0.05) is 0 Å². The third-order valence-corrected chi connectivity index (χ3v) is 3.15. The van der Waals surface area contributed by atoms with Crippen LogP contribution >= 0.6 is 11.6 Å². The molecule has 0 N–H and O–H groups in total. The zero-order valence-corrected chi connectivity index (χ0v) is 10.3. The van der Waals surface area contributed by atoms with Crippen molar-refractivity contribution in [1.29, 1.82) is 0 Å². The molecule has 0 bridgehead atoms. The van der Waals surface area contributed by atoms with Crippen LogP contribution in [0.4, 0.5) is 0 Å². The Kier molecular flexibility index (Phi) is 2.72. The summed E-state index contributed by atoms with van der Waals surface area (Å²) in [6, 6.07) is 3.99. The number of nitrogens with zero attached hydrogens (tertiary/aromatic N) is 2. The summed E-state index contributed by atoms with van der Waals surface area (Å²) in [7, 11) is 0. The molecule has 16 heavy (non-hydrogen) atoms. The highest BCUT2D eigenvalue weighted by molar-refractivity contribution is 6.16. The molecule has 4 heteroatoms. The van der Waals surface area contributed by atoms with E-state index in [1.807, 2.05) is 26.0 Å². The van der Waals surface area contributed by atoms with Crippen molar-refractivity contribution in [1.82, 2.24) is 4.98 Å². The first-order valence-electron chi connectivity index (χ1n) is 5.10. The maximum Gasteiger partial charge on any atom is 0.317 e. The molecule has 0 saturated carbocycles. The second-order valence-corrected chi connectivity index (χ2v) is 4.26. The lowest BCUT2D eigenvalue weighted by atomic mass is 10.1. The summed E-state index contributed by atoms with van der Waals surface area (Å²) in [6.07, 6.45) is 0. The lowest BCUT2D eigenvalue weighted by molar-refractivity contribution is -0.621. The molecule has 0 aliphatic carbocycles. The molecule has 0 aliphatic heterocycles. The summed E-state index contributed by atoms with van der Waals surface area (Å²) in [5, 5.41) is 12.7. The fourth-order valence-electron chi connectivity index (χ4n) is 1.75. The fraction of sp³-hybridized carbons (Fsp3) is 0.333. The molecule has 0 aliphatic rings. The number of aromatic nitrogens is 2. The average molecular weight is 237 g/mol. The summed E-state index contributed by atoms with van der Waals surface area (Å²) >= 11 is 5.69. The van der Waals surface area contributed by atoms with Gasteiger partial charge in [-0.15, -0.1) is 11.6 Å². The first-order valence-corrected chi connectivity index (χ1v) is 5.64. The van der Waals surface area contributed by atoms with E-state index in [0.717, 1.165) is 21.2 Å². The third kappa shape index (κ3) is 1.61. The van der Waals surface area contributed by atoms with E-state index in [-0.39, 0.29) is 5.88 Å². The number of rotatable bonds is 1. The molecule has 2 rings (SSSR count). The van der Waals surface area contributed by atoms with Crippen molar-refractivity contribution in [2.24, 2.45) is 0 Å². The van der Waals surface area contributed by atoms with Crippen molar-refractivity contribution in [3.8, 4) is 0 Å². The van der Waals surface area contributed by atoms with E-state index in [1.165, 1.54) is 5.56 Å². The van der Waals surface area contributed by atoms with Crippen LogP contribution in [0.3, 0.4) is 0 Å². The van der Waals surface area contributed by atoms with E-state index in [1.54, 1.807) is 6.92 Å². The highest BCUT2D eigenvalue weighted by atomic mass is 35.5. The van der Waals surface area contributed by atoms with Crippen molar-refractivity contribution in [2.45, 2.75) is 26.7 Å². The van der Waals surface area contributed by atoms with Crippen LogP contribution in [0.15, 0.2) is 12.1 Å². The van der Waals surface area contributed by atoms with E-state index in [2.05, 4.69) is 4.98 Å². The summed E-state index contributed by atoms with van der Waals surface area (Å²) in [5.41, 5.74) is 3.83. The minimum atomic E-state index is 0.132. The summed E-state index contributed by atoms with van der Waals surface area (Å²) < 4.78 is 0.810. The predicted molar refractivity (Wildman–Crippen MR) is 64.5 cm³/mol. The average Bonchev–Trinajstić information content (AvgIpc) is 2.26. The van der Waals surface area contributed by atoms with Crippen LogP contribution in [0.2, 0.25) is 0 Å². The normalized spacial score (nSPS) is 11.0. The SMILES string of the molecule is Cc1cc2nc(CCl)[n+]([O-])c(C)c2cc1C. The zero-order valence-electron chi connectivity index (χ0n) is 9.54. The summed E-state index contributed by atoms with van der Waals surface area (Å²) in [4.78, 5) is 4.27. The van der Waals surface area contributed by atoms with Gasteiger partial charge in [0.15, 0.2) is 5.52 Å². The summed E-state index contributed by atoms with van der Waals surface area (Å²) in [5.74, 6) is 0.489. The first-order chi connectivity index (χ1) is 7.54. The molecular formula is C12H13ClN2O. The molecule has 84 valence electrons. The largest absolute Gasteiger partial charge is 0.711 e. The molecule has 0 amide bonds. The van der Waals surface area contributed by atoms with Crippen molar-refractivity contribution < 1.29 is 4.73 Å². The Bertz CT molecular complexity index is 567. The van der Waals surface area contributed by atoms with Crippen LogP contribution in [0.1, 0.15) is 22.6 Å². The molecule has 0 spiro atoms. The Labute approximate surface area is 99.3 Å². The number of hydrogen-bond acceptors (Lipinski definition) is 2. The van der Waals surface area contributed by atoms with Crippen LogP contribution in [0, 0.1) is 26.0 Å². The molecule has 1 aromatic heterocycles. The Hall–Kier alpha value is -1.35. The van der Waals surface area contributed by atoms with Gasteiger partial charge in [-0.25, -0.2) is 4.73 Å². The second-order valence-electron chi connectivity index (χ2n) is 4.00. The topological polar surface area (TPSA) is 39.8 Å². The molecule has 1 heterocycles. The van der Waals surface area contributed by atoms with E-state index >= 15 is 0 Å². The molecule has 0 fully saturated rings. The van der Waals surface area contributed by atoms with E-state index < -0.39 is 0 Å². The standard InChI is InChI=1S/C12H13ClN2O/c1-7-4-10-9(3)15(16)12(6-13)14-11(10)5-8(7)2/h4-5H,6H2,1-3H3. The van der Waals surface area contributed by atoms with Gasteiger partial charge in [-0.1, -0.05) is 0 Å². The lowest BCUT2D eigenvalue weighted by Crippen LogP contribution is -2.36. The van der Waals surface area contributed by atoms with Gasteiger partial charge in [0.2, 0.25) is 0 Å². The van der Waals surface area contributed by atoms with Gasteiger partial charge in [0.05, 0.1) is 5.39 Å². The first kappa shape index (κ1) is 11.1. The number of benzene rings is 1. The molecular weight excluding hydrogens is 224 g/mol. The van der Waals surface area contributed by atoms with Crippen molar-refractivity contribution in [3.63, 3.8) is 0 Å². The van der Waals surface area contributed by atoms with Gasteiger partial charge >= 0.3 is 5.82 Å². The number of alkyl halides is 1. The van der Waals surface area contributed by atoms with Gasteiger partial charge in [-0.3, -0.25) is 0 Å². The molecule has 0 atom stereocenters. The van der Waals surface area contributed by atoms with Crippen molar-refractivity contribution >= 4 is 22.5 Å². The molecule has 0 saturated heterocycles. The molecule has 3 nitrogen and oxygen atoms in total.